The lowest BCUT2D eigenvalue weighted by Gasteiger charge is -2.38. The van der Waals surface area contributed by atoms with Crippen LogP contribution in [0.1, 0.15) is 27.7 Å². The number of hydrogen-bond donors (Lipinski definition) is 1. The molecule has 1 saturated heterocycles. The predicted molar refractivity (Wildman–Crippen MR) is 87.3 cm³/mol. The number of amides is 1. The highest BCUT2D eigenvalue weighted by Gasteiger charge is 2.29. The van der Waals surface area contributed by atoms with Gasteiger partial charge in [-0.1, -0.05) is 12.1 Å². The Morgan fingerprint density at radius 3 is 2.64 bits per heavy atom. The standard InChI is InChI=1S/C17H26N2O3/c1-5-21-16-9-7-6-8-15(16)18-17(20)14(4)19-10-12(2)22-13(3)11-19/h6-9,12-14H,5,10-11H2,1-4H3,(H,18,20)/t12-,13-,14-/m1/s1. The van der Waals surface area contributed by atoms with Crippen LogP contribution in [-0.4, -0.2) is 48.8 Å². The van der Waals surface area contributed by atoms with Crippen LogP contribution in [0.3, 0.4) is 0 Å². The molecular weight excluding hydrogens is 280 g/mol. The molecule has 1 heterocycles. The first-order valence-electron chi connectivity index (χ1n) is 7.93. The van der Waals surface area contributed by atoms with Crippen LogP contribution in [0, 0.1) is 0 Å². The summed E-state index contributed by atoms with van der Waals surface area (Å²) in [6, 6.07) is 7.31. The molecule has 0 radical (unpaired) electrons. The van der Waals surface area contributed by atoms with Gasteiger partial charge >= 0.3 is 0 Å². The van der Waals surface area contributed by atoms with Gasteiger partial charge in [0.1, 0.15) is 5.75 Å². The highest BCUT2D eigenvalue weighted by atomic mass is 16.5. The number of carbonyl (C=O) groups excluding carboxylic acids is 1. The molecule has 1 aliphatic heterocycles. The SMILES string of the molecule is CCOc1ccccc1NC(=O)[C@@H](C)N1C[C@@H](C)O[C@H](C)C1. The average molecular weight is 306 g/mol. The molecule has 5 nitrogen and oxygen atoms in total. The molecule has 0 unspecified atom stereocenters. The summed E-state index contributed by atoms with van der Waals surface area (Å²) in [5.74, 6) is 0.683. The van der Waals surface area contributed by atoms with E-state index < -0.39 is 0 Å². The molecule has 0 bridgehead atoms. The third-order valence-electron chi connectivity index (χ3n) is 3.82. The molecule has 1 N–H and O–H groups in total. The summed E-state index contributed by atoms with van der Waals surface area (Å²) >= 11 is 0. The van der Waals surface area contributed by atoms with Crippen LogP contribution in [0.4, 0.5) is 5.69 Å². The average Bonchev–Trinajstić information content (AvgIpc) is 2.47. The van der Waals surface area contributed by atoms with Gasteiger partial charge in [0.25, 0.3) is 0 Å². The number of anilines is 1. The third-order valence-corrected chi connectivity index (χ3v) is 3.82. The fourth-order valence-electron chi connectivity index (χ4n) is 2.79. The third kappa shape index (κ3) is 4.21. The van der Waals surface area contributed by atoms with Gasteiger partial charge in [-0.2, -0.15) is 0 Å². The Hall–Kier alpha value is -1.59. The number of carbonyl (C=O) groups is 1. The van der Waals surface area contributed by atoms with Gasteiger partial charge in [-0.25, -0.2) is 0 Å². The van der Waals surface area contributed by atoms with E-state index >= 15 is 0 Å². The smallest absolute Gasteiger partial charge is 0.241 e. The molecule has 122 valence electrons. The number of morpholine rings is 1. The maximum Gasteiger partial charge on any atom is 0.241 e. The van der Waals surface area contributed by atoms with Crippen molar-refractivity contribution in [3.8, 4) is 5.75 Å². The summed E-state index contributed by atoms with van der Waals surface area (Å²) in [6.07, 6.45) is 0.296. The molecule has 1 aliphatic rings. The summed E-state index contributed by atoms with van der Waals surface area (Å²) in [5.41, 5.74) is 0.718. The van der Waals surface area contributed by atoms with Gasteiger partial charge in [0.15, 0.2) is 0 Å². The van der Waals surface area contributed by atoms with Crippen LogP contribution in [0.15, 0.2) is 24.3 Å². The minimum Gasteiger partial charge on any atom is -0.492 e. The van der Waals surface area contributed by atoms with E-state index in [0.29, 0.717) is 12.4 Å². The van der Waals surface area contributed by atoms with E-state index in [0.717, 1.165) is 18.8 Å². The number of rotatable bonds is 5. The number of nitrogens with one attached hydrogen (secondary N) is 1. The van der Waals surface area contributed by atoms with Crippen LogP contribution >= 0.6 is 0 Å². The molecule has 0 aromatic heterocycles. The van der Waals surface area contributed by atoms with Crippen molar-refractivity contribution in [1.82, 2.24) is 4.90 Å². The van der Waals surface area contributed by atoms with E-state index in [1.54, 1.807) is 0 Å². The van der Waals surface area contributed by atoms with E-state index in [1.807, 2.05) is 52.0 Å². The first kappa shape index (κ1) is 16.8. The van der Waals surface area contributed by atoms with Crippen LogP contribution in [0.2, 0.25) is 0 Å². The van der Waals surface area contributed by atoms with E-state index in [4.69, 9.17) is 9.47 Å². The fourth-order valence-corrected chi connectivity index (χ4v) is 2.79. The minimum atomic E-state index is -0.205. The number of ether oxygens (including phenoxy) is 2. The second kappa shape index (κ2) is 7.61. The van der Waals surface area contributed by atoms with Crippen molar-refractivity contribution in [3.05, 3.63) is 24.3 Å². The monoisotopic (exact) mass is 306 g/mol. The van der Waals surface area contributed by atoms with Gasteiger partial charge < -0.3 is 14.8 Å². The zero-order chi connectivity index (χ0) is 16.1. The molecule has 5 heteroatoms. The topological polar surface area (TPSA) is 50.8 Å². The highest BCUT2D eigenvalue weighted by Crippen LogP contribution is 2.24. The fraction of sp³-hybridized carbons (Fsp3) is 0.588. The quantitative estimate of drug-likeness (QED) is 0.908. The van der Waals surface area contributed by atoms with Crippen molar-refractivity contribution in [1.29, 1.82) is 0 Å². The minimum absolute atomic E-state index is 0.0200. The molecule has 0 aliphatic carbocycles. The van der Waals surface area contributed by atoms with Crippen LogP contribution < -0.4 is 10.1 Å². The maximum absolute atomic E-state index is 12.5. The number of hydrogen-bond acceptors (Lipinski definition) is 4. The van der Waals surface area contributed by atoms with Crippen molar-refractivity contribution in [3.63, 3.8) is 0 Å². The molecule has 2 rings (SSSR count). The van der Waals surface area contributed by atoms with E-state index in [9.17, 15) is 4.79 Å². The van der Waals surface area contributed by atoms with Crippen molar-refractivity contribution in [2.75, 3.05) is 25.0 Å². The summed E-state index contributed by atoms with van der Waals surface area (Å²) in [4.78, 5) is 14.7. The summed E-state index contributed by atoms with van der Waals surface area (Å²) in [7, 11) is 0. The Balaban J connectivity index is 2.02. The largest absolute Gasteiger partial charge is 0.492 e. The van der Waals surface area contributed by atoms with Gasteiger partial charge in [0.2, 0.25) is 5.91 Å². The van der Waals surface area contributed by atoms with Crippen LogP contribution in [0.25, 0.3) is 0 Å². The number of para-hydroxylation sites is 2. The lowest BCUT2D eigenvalue weighted by molar-refractivity contribution is -0.126. The van der Waals surface area contributed by atoms with Gasteiger partial charge in [0, 0.05) is 13.1 Å². The van der Waals surface area contributed by atoms with E-state index in [-0.39, 0.29) is 24.2 Å². The maximum atomic E-state index is 12.5. The Labute approximate surface area is 132 Å². The van der Waals surface area contributed by atoms with Crippen molar-refractivity contribution in [2.24, 2.45) is 0 Å². The van der Waals surface area contributed by atoms with Gasteiger partial charge in [0.05, 0.1) is 30.5 Å². The van der Waals surface area contributed by atoms with Crippen molar-refractivity contribution >= 4 is 11.6 Å². The number of benzene rings is 1. The molecule has 1 aromatic carbocycles. The van der Waals surface area contributed by atoms with Crippen molar-refractivity contribution in [2.45, 2.75) is 45.9 Å². The Morgan fingerprint density at radius 2 is 2.00 bits per heavy atom. The first-order chi connectivity index (χ1) is 10.5. The van der Waals surface area contributed by atoms with Gasteiger partial charge in [-0.05, 0) is 39.8 Å². The van der Waals surface area contributed by atoms with Crippen LogP contribution in [-0.2, 0) is 9.53 Å². The molecule has 1 amide bonds. The zero-order valence-corrected chi connectivity index (χ0v) is 13.8. The lowest BCUT2D eigenvalue weighted by atomic mass is 10.1. The lowest BCUT2D eigenvalue weighted by Crippen LogP contribution is -2.52. The normalized spacial score (nSPS) is 23.8. The number of nitrogens with zero attached hydrogens (tertiary/aromatic N) is 1. The zero-order valence-electron chi connectivity index (χ0n) is 13.8. The Kier molecular flexibility index (Phi) is 5.80. The first-order valence-corrected chi connectivity index (χ1v) is 7.93. The van der Waals surface area contributed by atoms with E-state index in [1.165, 1.54) is 0 Å². The van der Waals surface area contributed by atoms with E-state index in [2.05, 4.69) is 10.2 Å². The molecule has 0 saturated carbocycles. The van der Waals surface area contributed by atoms with Gasteiger partial charge in [-0.3, -0.25) is 9.69 Å². The summed E-state index contributed by atoms with van der Waals surface area (Å²) < 4.78 is 11.3. The van der Waals surface area contributed by atoms with Crippen LogP contribution in [0.5, 0.6) is 5.75 Å². The second-order valence-corrected chi connectivity index (χ2v) is 5.81. The second-order valence-electron chi connectivity index (χ2n) is 5.81. The predicted octanol–water partition coefficient (Wildman–Crippen LogP) is 2.52. The molecule has 1 aromatic rings. The highest BCUT2D eigenvalue weighted by molar-refractivity contribution is 5.95. The van der Waals surface area contributed by atoms with Gasteiger partial charge in [-0.15, -0.1) is 0 Å². The molecule has 3 atom stereocenters. The summed E-state index contributed by atoms with van der Waals surface area (Å²) in [6.45, 7) is 10.1. The van der Waals surface area contributed by atoms with Crippen molar-refractivity contribution < 1.29 is 14.3 Å². The molecule has 1 fully saturated rings. The molecular formula is C17H26N2O3. The molecule has 22 heavy (non-hydrogen) atoms. The Morgan fingerprint density at radius 1 is 1.36 bits per heavy atom. The summed E-state index contributed by atoms with van der Waals surface area (Å²) in [5, 5.41) is 2.98. The Bertz CT molecular complexity index is 496. The molecule has 0 spiro atoms.